The van der Waals surface area contributed by atoms with Gasteiger partial charge in [0, 0.05) is 12.7 Å². The van der Waals surface area contributed by atoms with E-state index in [2.05, 4.69) is 36.1 Å². The first-order valence-electron chi connectivity index (χ1n) is 9.81. The zero-order valence-corrected chi connectivity index (χ0v) is 18.1. The van der Waals surface area contributed by atoms with Crippen LogP contribution in [-0.4, -0.2) is 49.2 Å². The molecule has 0 aromatic carbocycles. The Hall–Kier alpha value is -2.49. The van der Waals surface area contributed by atoms with Crippen LogP contribution in [0.4, 0.5) is 0 Å². The van der Waals surface area contributed by atoms with E-state index in [1.165, 1.54) is 42.8 Å². The van der Waals surface area contributed by atoms with Crippen molar-refractivity contribution < 1.29 is 14.3 Å². The van der Waals surface area contributed by atoms with Gasteiger partial charge in [0.2, 0.25) is 5.88 Å². The maximum Gasteiger partial charge on any atom is 0.341 e. The molecule has 29 heavy (non-hydrogen) atoms. The molecule has 0 atom stereocenters. The summed E-state index contributed by atoms with van der Waals surface area (Å²) in [4.78, 5) is 21.0. The number of hydrogen-bond donors (Lipinski definition) is 0. The maximum absolute atomic E-state index is 11.9. The van der Waals surface area contributed by atoms with Gasteiger partial charge in [-0.1, -0.05) is 25.7 Å². The third kappa shape index (κ3) is 3.98. The first-order chi connectivity index (χ1) is 14.1. The van der Waals surface area contributed by atoms with Crippen LogP contribution in [0, 0.1) is 5.92 Å². The summed E-state index contributed by atoms with van der Waals surface area (Å²) < 4.78 is 14.5. The fourth-order valence-electron chi connectivity index (χ4n) is 3.77. The highest BCUT2D eigenvalue weighted by Gasteiger charge is 2.21. The van der Waals surface area contributed by atoms with Crippen molar-refractivity contribution in [1.29, 1.82) is 0 Å². The third-order valence-corrected chi connectivity index (χ3v) is 5.75. The highest BCUT2D eigenvalue weighted by atomic mass is 79.9. The van der Waals surface area contributed by atoms with Crippen LogP contribution in [0.25, 0.3) is 17.0 Å². The molecule has 3 aromatic heterocycles. The van der Waals surface area contributed by atoms with Crippen LogP contribution in [0.5, 0.6) is 5.88 Å². The number of halogens is 1. The predicted molar refractivity (Wildman–Crippen MR) is 109 cm³/mol. The van der Waals surface area contributed by atoms with E-state index >= 15 is 0 Å². The summed E-state index contributed by atoms with van der Waals surface area (Å²) in [6.07, 6.45) is 9.27. The van der Waals surface area contributed by atoms with Gasteiger partial charge in [0.15, 0.2) is 10.1 Å². The summed E-state index contributed by atoms with van der Waals surface area (Å²) in [7, 11) is 1.57. The van der Waals surface area contributed by atoms with Crippen molar-refractivity contribution in [3.05, 3.63) is 22.6 Å². The van der Waals surface area contributed by atoms with E-state index in [1.807, 2.05) is 4.68 Å². The zero-order valence-electron chi connectivity index (χ0n) is 16.5. The molecule has 0 unspecified atom stereocenters. The Kier molecular flexibility index (Phi) is 5.79. The Morgan fingerprint density at radius 2 is 2.10 bits per heavy atom. The lowest BCUT2D eigenvalue weighted by Crippen LogP contribution is -2.08. The minimum Gasteiger partial charge on any atom is -0.479 e. The van der Waals surface area contributed by atoms with Gasteiger partial charge in [0.25, 0.3) is 5.95 Å². The molecule has 3 heterocycles. The lowest BCUT2D eigenvalue weighted by molar-refractivity contribution is 0.0526. The van der Waals surface area contributed by atoms with Crippen LogP contribution in [0.3, 0.4) is 0 Å². The summed E-state index contributed by atoms with van der Waals surface area (Å²) in [5, 5.41) is 8.79. The number of carbonyl (C=O) groups is 1. The van der Waals surface area contributed by atoms with E-state index in [0.29, 0.717) is 34.1 Å². The Balaban J connectivity index is 1.67. The van der Waals surface area contributed by atoms with E-state index in [9.17, 15) is 4.79 Å². The van der Waals surface area contributed by atoms with Gasteiger partial charge in [0.05, 0.1) is 25.5 Å². The molecule has 10 heteroatoms. The number of aryl methyl sites for hydroxylation is 1. The zero-order chi connectivity index (χ0) is 20.4. The molecule has 1 aliphatic carbocycles. The summed E-state index contributed by atoms with van der Waals surface area (Å²) in [6, 6.07) is 0. The number of rotatable bonds is 7. The Bertz CT molecular complexity index is 1020. The fourth-order valence-corrected chi connectivity index (χ4v) is 4.23. The molecular weight excluding hydrogens is 440 g/mol. The van der Waals surface area contributed by atoms with Crippen molar-refractivity contribution >= 4 is 32.9 Å². The second-order valence-corrected chi connectivity index (χ2v) is 7.83. The van der Waals surface area contributed by atoms with Crippen molar-refractivity contribution in [2.45, 2.75) is 45.6 Å². The maximum atomic E-state index is 11.9. The van der Waals surface area contributed by atoms with Gasteiger partial charge in [-0.2, -0.15) is 15.2 Å². The number of fused-ring (bicyclic) bond motifs is 1. The van der Waals surface area contributed by atoms with Crippen molar-refractivity contribution in [2.75, 3.05) is 13.7 Å². The summed E-state index contributed by atoms with van der Waals surface area (Å²) in [5.74, 6) is 1.03. The summed E-state index contributed by atoms with van der Waals surface area (Å²) in [5.41, 5.74) is 1.73. The summed E-state index contributed by atoms with van der Waals surface area (Å²) in [6.45, 7) is 2.85. The monoisotopic (exact) mass is 462 g/mol. The quantitative estimate of drug-likeness (QED) is 0.495. The molecule has 0 radical (unpaired) electrons. The second kappa shape index (κ2) is 8.48. The number of aromatic nitrogens is 6. The molecule has 0 aliphatic heterocycles. The second-order valence-electron chi connectivity index (χ2n) is 7.08. The van der Waals surface area contributed by atoms with E-state index in [0.717, 1.165) is 24.4 Å². The number of ether oxygens (including phenoxy) is 2. The number of hydrogen-bond acceptors (Lipinski definition) is 7. The molecular formula is C19H23BrN6O3. The Morgan fingerprint density at radius 3 is 2.83 bits per heavy atom. The van der Waals surface area contributed by atoms with E-state index in [4.69, 9.17) is 9.47 Å². The molecule has 9 nitrogen and oxygen atoms in total. The van der Waals surface area contributed by atoms with E-state index < -0.39 is 5.97 Å². The van der Waals surface area contributed by atoms with Crippen LogP contribution < -0.4 is 4.74 Å². The number of nitrogens with zero attached hydrogens (tertiary/aromatic N) is 6. The number of carbonyl (C=O) groups excluding carboxylic acids is 1. The highest BCUT2D eigenvalue weighted by Crippen LogP contribution is 2.32. The van der Waals surface area contributed by atoms with Crippen molar-refractivity contribution in [3.8, 4) is 11.8 Å². The van der Waals surface area contributed by atoms with E-state index in [1.54, 1.807) is 14.0 Å². The van der Waals surface area contributed by atoms with Crippen LogP contribution >= 0.6 is 15.9 Å². The number of methoxy groups -OCH3 is 1. The molecule has 0 saturated heterocycles. The minimum atomic E-state index is -0.437. The van der Waals surface area contributed by atoms with Gasteiger partial charge >= 0.3 is 5.97 Å². The Labute approximate surface area is 176 Å². The molecule has 1 fully saturated rings. The molecule has 3 aromatic rings. The molecule has 1 aliphatic rings. The average molecular weight is 463 g/mol. The molecule has 0 spiro atoms. The van der Waals surface area contributed by atoms with Gasteiger partial charge in [-0.15, -0.1) is 0 Å². The lowest BCUT2D eigenvalue weighted by Gasteiger charge is -2.11. The minimum absolute atomic E-state index is 0.293. The molecule has 0 amide bonds. The smallest absolute Gasteiger partial charge is 0.341 e. The van der Waals surface area contributed by atoms with Crippen LogP contribution in [-0.2, 0) is 11.3 Å². The highest BCUT2D eigenvalue weighted by molar-refractivity contribution is 9.10. The SMILES string of the molecule is CCOC(=O)c1cnn(-c2nc(OC)c3c(n2)c(Br)nn3CCC2CCCC2)c1. The predicted octanol–water partition coefficient (Wildman–Crippen LogP) is 3.54. The Morgan fingerprint density at radius 1 is 1.31 bits per heavy atom. The van der Waals surface area contributed by atoms with Gasteiger partial charge in [-0.3, -0.25) is 4.68 Å². The van der Waals surface area contributed by atoms with Crippen molar-refractivity contribution in [1.82, 2.24) is 29.5 Å². The van der Waals surface area contributed by atoms with Gasteiger partial charge in [0.1, 0.15) is 5.52 Å². The fraction of sp³-hybridized carbons (Fsp3) is 0.526. The van der Waals surface area contributed by atoms with Gasteiger partial charge in [-0.05, 0) is 35.2 Å². The van der Waals surface area contributed by atoms with Crippen LogP contribution in [0.1, 0.15) is 49.4 Å². The molecule has 0 N–H and O–H groups in total. The number of esters is 1. The average Bonchev–Trinajstić information content (AvgIpc) is 3.47. The standard InChI is InChI=1S/C19H23BrN6O3/c1-3-29-18(27)13-10-21-26(11-13)19-22-14-15(17(23-19)28-2)25(24-16(14)20)9-8-12-6-4-5-7-12/h10-12H,3-9H2,1-2H3. The van der Waals surface area contributed by atoms with Crippen LogP contribution in [0.15, 0.2) is 17.0 Å². The van der Waals surface area contributed by atoms with Gasteiger partial charge < -0.3 is 9.47 Å². The largest absolute Gasteiger partial charge is 0.479 e. The normalized spacial score (nSPS) is 14.6. The topological polar surface area (TPSA) is 96.9 Å². The molecule has 154 valence electrons. The van der Waals surface area contributed by atoms with Crippen molar-refractivity contribution in [2.24, 2.45) is 5.92 Å². The van der Waals surface area contributed by atoms with Gasteiger partial charge in [-0.25, -0.2) is 14.5 Å². The first-order valence-corrected chi connectivity index (χ1v) is 10.6. The molecule has 0 bridgehead atoms. The van der Waals surface area contributed by atoms with Crippen LogP contribution in [0.2, 0.25) is 0 Å². The molecule has 1 saturated carbocycles. The summed E-state index contributed by atoms with van der Waals surface area (Å²) >= 11 is 3.51. The van der Waals surface area contributed by atoms with E-state index in [-0.39, 0.29) is 0 Å². The third-order valence-electron chi connectivity index (χ3n) is 5.22. The van der Waals surface area contributed by atoms with Crippen molar-refractivity contribution in [3.63, 3.8) is 0 Å². The first kappa shape index (κ1) is 19.8. The molecule has 4 rings (SSSR count). The lowest BCUT2D eigenvalue weighted by atomic mass is 10.0.